The summed E-state index contributed by atoms with van der Waals surface area (Å²) < 4.78 is 10.4. The summed E-state index contributed by atoms with van der Waals surface area (Å²) in [6.07, 6.45) is 3.17. The Balaban J connectivity index is 1.72. The summed E-state index contributed by atoms with van der Waals surface area (Å²) in [6.45, 7) is 1.68. The molecule has 2 aromatic rings. The molecule has 0 aromatic heterocycles. The summed E-state index contributed by atoms with van der Waals surface area (Å²) in [7, 11) is 1.58. The van der Waals surface area contributed by atoms with Crippen molar-refractivity contribution >= 4 is 17.3 Å². The first kappa shape index (κ1) is 18.7. The Morgan fingerprint density at radius 1 is 1.11 bits per heavy atom. The van der Waals surface area contributed by atoms with Gasteiger partial charge in [-0.05, 0) is 49.1 Å². The van der Waals surface area contributed by atoms with Crippen LogP contribution in [0.4, 0.5) is 11.4 Å². The van der Waals surface area contributed by atoms with E-state index >= 15 is 0 Å². The first-order valence-electron chi connectivity index (χ1n) is 8.92. The van der Waals surface area contributed by atoms with Gasteiger partial charge in [0, 0.05) is 19.2 Å². The van der Waals surface area contributed by atoms with Crippen LogP contribution in [0.1, 0.15) is 35.2 Å². The van der Waals surface area contributed by atoms with Gasteiger partial charge in [0.25, 0.3) is 5.69 Å². The maximum absolute atomic E-state index is 12.3. The van der Waals surface area contributed by atoms with Crippen LogP contribution in [0.15, 0.2) is 42.5 Å². The van der Waals surface area contributed by atoms with Gasteiger partial charge in [0.1, 0.15) is 18.0 Å². The minimum atomic E-state index is -0.584. The van der Waals surface area contributed by atoms with Crippen molar-refractivity contribution in [2.75, 3.05) is 25.1 Å². The Kier molecular flexibility index (Phi) is 5.90. The fraction of sp³-hybridized carbons (Fsp3) is 0.350. The number of nitro benzene ring substituents is 1. The lowest BCUT2D eigenvalue weighted by Crippen LogP contribution is -2.30. The minimum Gasteiger partial charge on any atom is -0.497 e. The highest BCUT2D eigenvalue weighted by Crippen LogP contribution is 2.31. The van der Waals surface area contributed by atoms with Crippen molar-refractivity contribution in [3.8, 4) is 5.75 Å². The Morgan fingerprint density at radius 2 is 1.81 bits per heavy atom. The zero-order valence-electron chi connectivity index (χ0n) is 15.2. The highest BCUT2D eigenvalue weighted by molar-refractivity contribution is 5.91. The second kappa shape index (κ2) is 8.53. The van der Waals surface area contributed by atoms with E-state index in [4.69, 9.17) is 9.47 Å². The third-order valence-corrected chi connectivity index (χ3v) is 4.63. The quantitative estimate of drug-likeness (QED) is 0.435. The van der Waals surface area contributed by atoms with Gasteiger partial charge in [-0.2, -0.15) is 0 Å². The molecule has 27 heavy (non-hydrogen) atoms. The highest BCUT2D eigenvalue weighted by atomic mass is 16.6. The predicted octanol–water partition coefficient (Wildman–Crippen LogP) is 3.95. The van der Waals surface area contributed by atoms with Crippen molar-refractivity contribution in [1.29, 1.82) is 0 Å². The van der Waals surface area contributed by atoms with Crippen LogP contribution in [0.2, 0.25) is 0 Å². The number of esters is 1. The van der Waals surface area contributed by atoms with E-state index in [0.29, 0.717) is 11.4 Å². The molecular weight excluding hydrogens is 348 g/mol. The van der Waals surface area contributed by atoms with E-state index in [1.165, 1.54) is 6.07 Å². The molecule has 1 fully saturated rings. The average Bonchev–Trinajstić information content (AvgIpc) is 2.72. The van der Waals surface area contributed by atoms with E-state index in [-0.39, 0.29) is 17.9 Å². The zero-order valence-corrected chi connectivity index (χ0v) is 15.2. The topological polar surface area (TPSA) is 81.9 Å². The average molecular weight is 370 g/mol. The molecule has 0 N–H and O–H groups in total. The molecule has 1 saturated heterocycles. The fourth-order valence-corrected chi connectivity index (χ4v) is 3.15. The van der Waals surface area contributed by atoms with Gasteiger partial charge >= 0.3 is 5.97 Å². The third-order valence-electron chi connectivity index (χ3n) is 4.63. The molecule has 1 aliphatic heterocycles. The lowest BCUT2D eigenvalue weighted by atomic mass is 10.1. The summed E-state index contributed by atoms with van der Waals surface area (Å²) in [5, 5.41) is 11.5. The van der Waals surface area contributed by atoms with Gasteiger partial charge in [0.15, 0.2) is 0 Å². The molecule has 0 unspecified atom stereocenters. The number of ether oxygens (including phenoxy) is 2. The molecule has 7 nitrogen and oxygen atoms in total. The molecule has 0 saturated carbocycles. The van der Waals surface area contributed by atoms with E-state index in [1.807, 2.05) is 4.90 Å². The van der Waals surface area contributed by atoms with Gasteiger partial charge in [-0.3, -0.25) is 10.1 Å². The number of nitrogens with zero attached hydrogens (tertiary/aromatic N) is 2. The second-order valence-electron chi connectivity index (χ2n) is 6.43. The molecule has 0 aliphatic carbocycles. The standard InChI is InChI=1S/C20H22N2O5/c1-26-17-8-5-15(6-9-17)14-27-20(23)16-7-10-18(19(13-16)22(24)25)21-11-3-2-4-12-21/h5-10,13H,2-4,11-12,14H2,1H3. The number of hydrogen-bond acceptors (Lipinski definition) is 6. The van der Waals surface area contributed by atoms with Gasteiger partial charge in [-0.1, -0.05) is 12.1 Å². The molecule has 0 bridgehead atoms. The van der Waals surface area contributed by atoms with Crippen molar-refractivity contribution < 1.29 is 19.2 Å². The number of carbonyl (C=O) groups is 1. The van der Waals surface area contributed by atoms with Crippen molar-refractivity contribution in [3.63, 3.8) is 0 Å². The highest BCUT2D eigenvalue weighted by Gasteiger charge is 2.23. The molecule has 0 atom stereocenters. The fourth-order valence-electron chi connectivity index (χ4n) is 3.15. The smallest absolute Gasteiger partial charge is 0.338 e. The molecule has 0 amide bonds. The largest absolute Gasteiger partial charge is 0.497 e. The van der Waals surface area contributed by atoms with E-state index in [2.05, 4.69) is 0 Å². The number of hydrogen-bond donors (Lipinski definition) is 0. The Labute approximate surface area is 157 Å². The second-order valence-corrected chi connectivity index (χ2v) is 6.43. The zero-order chi connectivity index (χ0) is 19.2. The number of rotatable bonds is 6. The first-order chi connectivity index (χ1) is 13.1. The summed E-state index contributed by atoms with van der Waals surface area (Å²) >= 11 is 0. The van der Waals surface area contributed by atoms with Gasteiger partial charge in [0.05, 0.1) is 17.6 Å². The minimum absolute atomic E-state index is 0.0594. The number of methoxy groups -OCH3 is 1. The molecule has 0 spiro atoms. The van der Waals surface area contributed by atoms with Gasteiger partial charge in [-0.25, -0.2) is 4.79 Å². The number of nitro groups is 1. The number of anilines is 1. The normalized spacial score (nSPS) is 13.9. The first-order valence-corrected chi connectivity index (χ1v) is 8.92. The van der Waals surface area contributed by atoms with Gasteiger partial charge in [-0.15, -0.1) is 0 Å². The molecule has 1 aliphatic rings. The molecule has 7 heteroatoms. The van der Waals surface area contributed by atoms with Gasteiger partial charge in [0.2, 0.25) is 0 Å². The van der Waals surface area contributed by atoms with E-state index in [9.17, 15) is 14.9 Å². The van der Waals surface area contributed by atoms with Crippen LogP contribution in [0.25, 0.3) is 0 Å². The summed E-state index contributed by atoms with van der Waals surface area (Å²) in [5.74, 6) is 0.133. The van der Waals surface area contributed by atoms with E-state index in [0.717, 1.165) is 37.9 Å². The van der Waals surface area contributed by atoms with Crippen molar-refractivity contribution in [3.05, 3.63) is 63.7 Å². The molecular formula is C20H22N2O5. The number of carbonyl (C=O) groups excluding carboxylic acids is 1. The van der Waals surface area contributed by atoms with Crippen LogP contribution < -0.4 is 9.64 Å². The van der Waals surface area contributed by atoms with Crippen LogP contribution in [0.3, 0.4) is 0 Å². The van der Waals surface area contributed by atoms with E-state index in [1.54, 1.807) is 43.5 Å². The molecule has 142 valence electrons. The number of benzene rings is 2. The van der Waals surface area contributed by atoms with Crippen LogP contribution in [-0.2, 0) is 11.3 Å². The van der Waals surface area contributed by atoms with Crippen molar-refractivity contribution in [1.82, 2.24) is 0 Å². The summed E-state index contributed by atoms with van der Waals surface area (Å²) in [5.41, 5.74) is 1.49. The van der Waals surface area contributed by atoms with Crippen LogP contribution in [0, 0.1) is 10.1 Å². The van der Waals surface area contributed by atoms with Crippen molar-refractivity contribution in [2.24, 2.45) is 0 Å². The molecule has 1 heterocycles. The lowest BCUT2D eigenvalue weighted by Gasteiger charge is -2.28. The van der Waals surface area contributed by atoms with Crippen LogP contribution >= 0.6 is 0 Å². The Bertz CT molecular complexity index is 814. The SMILES string of the molecule is COc1ccc(COC(=O)c2ccc(N3CCCCC3)c([N+](=O)[O-])c2)cc1. The monoisotopic (exact) mass is 370 g/mol. The predicted molar refractivity (Wildman–Crippen MR) is 101 cm³/mol. The Hall–Kier alpha value is -3.09. The maximum Gasteiger partial charge on any atom is 0.338 e. The van der Waals surface area contributed by atoms with Gasteiger partial charge < -0.3 is 14.4 Å². The summed E-state index contributed by atoms with van der Waals surface area (Å²) in [4.78, 5) is 25.4. The molecule has 2 aromatic carbocycles. The summed E-state index contributed by atoms with van der Waals surface area (Å²) in [6, 6.07) is 11.7. The number of piperidine rings is 1. The van der Waals surface area contributed by atoms with Crippen LogP contribution in [0.5, 0.6) is 5.75 Å². The van der Waals surface area contributed by atoms with E-state index < -0.39 is 10.9 Å². The Morgan fingerprint density at radius 3 is 2.44 bits per heavy atom. The van der Waals surface area contributed by atoms with Crippen molar-refractivity contribution in [2.45, 2.75) is 25.9 Å². The maximum atomic E-state index is 12.3. The third kappa shape index (κ3) is 4.55. The van der Waals surface area contributed by atoms with Crippen LogP contribution in [-0.4, -0.2) is 31.1 Å². The molecule has 3 rings (SSSR count). The lowest BCUT2D eigenvalue weighted by molar-refractivity contribution is -0.384. The molecule has 0 radical (unpaired) electrons.